The normalized spacial score (nSPS) is 11.0. The Labute approximate surface area is 176 Å². The summed E-state index contributed by atoms with van der Waals surface area (Å²) in [5, 5.41) is 25.0. The Hall–Kier alpha value is -3.66. The molecule has 154 valence electrons. The molecule has 9 nitrogen and oxygen atoms in total. The van der Waals surface area contributed by atoms with Crippen LogP contribution in [0.2, 0.25) is 0 Å². The Bertz CT molecular complexity index is 1100. The Balaban J connectivity index is 1.76. The van der Waals surface area contributed by atoms with Crippen molar-refractivity contribution in [2.24, 2.45) is 5.41 Å². The fourth-order valence-electron chi connectivity index (χ4n) is 2.38. The van der Waals surface area contributed by atoms with Crippen LogP contribution >= 0.6 is 11.3 Å². The van der Waals surface area contributed by atoms with Crippen LogP contribution in [0.4, 0.5) is 16.5 Å². The van der Waals surface area contributed by atoms with Gasteiger partial charge in [0.2, 0.25) is 11.0 Å². The summed E-state index contributed by atoms with van der Waals surface area (Å²) in [5.41, 5.74) is 0.710. The lowest BCUT2D eigenvalue weighted by Gasteiger charge is -2.19. The van der Waals surface area contributed by atoms with Gasteiger partial charge in [0.05, 0.1) is 16.2 Å². The van der Waals surface area contributed by atoms with E-state index in [2.05, 4.69) is 20.8 Å². The Morgan fingerprint density at radius 1 is 1.00 bits per heavy atom. The molecule has 0 fully saturated rings. The number of nitro groups is 1. The number of hydrogen-bond acceptors (Lipinski definition) is 7. The molecule has 0 aliphatic rings. The molecule has 0 saturated carbocycles. The van der Waals surface area contributed by atoms with Gasteiger partial charge in [-0.05, 0) is 24.3 Å². The minimum absolute atomic E-state index is 0.0225. The van der Waals surface area contributed by atoms with Crippen LogP contribution in [0.5, 0.6) is 0 Å². The molecule has 3 rings (SSSR count). The van der Waals surface area contributed by atoms with Crippen LogP contribution in [0, 0.1) is 15.5 Å². The highest BCUT2D eigenvalue weighted by atomic mass is 32.1. The van der Waals surface area contributed by atoms with Crippen LogP contribution in [0.15, 0.2) is 48.5 Å². The zero-order valence-corrected chi connectivity index (χ0v) is 17.3. The molecule has 0 unspecified atom stereocenters. The molecule has 1 heterocycles. The Kier molecular flexibility index (Phi) is 5.88. The molecular weight excluding hydrogens is 406 g/mol. The summed E-state index contributed by atoms with van der Waals surface area (Å²) in [5.74, 6) is -0.648. The quantitative estimate of drug-likeness (QED) is 0.462. The number of anilines is 2. The van der Waals surface area contributed by atoms with Crippen LogP contribution in [0.25, 0.3) is 10.6 Å². The second-order valence-corrected chi connectivity index (χ2v) is 8.40. The molecule has 0 atom stereocenters. The molecule has 3 aromatic rings. The van der Waals surface area contributed by atoms with E-state index >= 15 is 0 Å². The maximum absolute atomic E-state index is 12.7. The van der Waals surface area contributed by atoms with Crippen molar-refractivity contribution in [3.63, 3.8) is 0 Å². The van der Waals surface area contributed by atoms with Crippen molar-refractivity contribution in [1.82, 2.24) is 10.2 Å². The van der Waals surface area contributed by atoms with Crippen molar-refractivity contribution in [2.45, 2.75) is 20.8 Å². The van der Waals surface area contributed by atoms with Gasteiger partial charge in [0.15, 0.2) is 0 Å². The van der Waals surface area contributed by atoms with Gasteiger partial charge >= 0.3 is 0 Å². The average Bonchev–Trinajstić information content (AvgIpc) is 3.16. The van der Waals surface area contributed by atoms with Gasteiger partial charge in [-0.25, -0.2) is 0 Å². The maximum Gasteiger partial charge on any atom is 0.269 e. The summed E-state index contributed by atoms with van der Waals surface area (Å²) in [6.07, 6.45) is 0. The number of benzene rings is 2. The van der Waals surface area contributed by atoms with Gasteiger partial charge in [-0.2, -0.15) is 0 Å². The highest BCUT2D eigenvalue weighted by Gasteiger charge is 2.23. The van der Waals surface area contributed by atoms with Crippen molar-refractivity contribution in [2.75, 3.05) is 10.6 Å². The molecule has 0 spiro atoms. The summed E-state index contributed by atoms with van der Waals surface area (Å²) < 4.78 is 0. The predicted octanol–water partition coefficient (Wildman–Crippen LogP) is 4.35. The largest absolute Gasteiger partial charge is 0.325 e. The molecule has 2 aromatic carbocycles. The van der Waals surface area contributed by atoms with Gasteiger partial charge in [-0.15, -0.1) is 10.2 Å². The Morgan fingerprint density at radius 3 is 2.30 bits per heavy atom. The van der Waals surface area contributed by atoms with E-state index in [1.54, 1.807) is 57.2 Å². The summed E-state index contributed by atoms with van der Waals surface area (Å²) in [4.78, 5) is 35.3. The number of aromatic nitrogens is 2. The number of nitrogens with zero attached hydrogens (tertiary/aromatic N) is 3. The maximum atomic E-state index is 12.7. The van der Waals surface area contributed by atoms with Gasteiger partial charge in [0.25, 0.3) is 11.6 Å². The summed E-state index contributed by atoms with van der Waals surface area (Å²) in [7, 11) is 0. The van der Waals surface area contributed by atoms with E-state index in [4.69, 9.17) is 0 Å². The lowest BCUT2D eigenvalue weighted by Crippen LogP contribution is -2.28. The van der Waals surface area contributed by atoms with Crippen molar-refractivity contribution in [3.05, 3.63) is 64.2 Å². The van der Waals surface area contributed by atoms with E-state index in [9.17, 15) is 19.7 Å². The first-order valence-corrected chi connectivity index (χ1v) is 9.77. The first-order chi connectivity index (χ1) is 14.1. The SMILES string of the molecule is CC(C)(C)C(=O)Nc1ccccc1C(=O)Nc1nnc(-c2ccc([N+](=O)[O-])cc2)s1. The number of carbonyl (C=O) groups excluding carboxylic acids is 2. The molecule has 0 radical (unpaired) electrons. The predicted molar refractivity (Wildman–Crippen MR) is 114 cm³/mol. The zero-order chi connectivity index (χ0) is 21.9. The number of nitrogens with one attached hydrogen (secondary N) is 2. The summed E-state index contributed by atoms with van der Waals surface area (Å²) in [6.45, 7) is 5.35. The van der Waals surface area contributed by atoms with E-state index in [1.165, 1.54) is 12.1 Å². The molecule has 30 heavy (non-hydrogen) atoms. The number of non-ortho nitro benzene ring substituents is 1. The van der Waals surface area contributed by atoms with E-state index in [-0.39, 0.29) is 16.7 Å². The molecule has 1 aromatic heterocycles. The van der Waals surface area contributed by atoms with Crippen molar-refractivity contribution in [3.8, 4) is 10.6 Å². The van der Waals surface area contributed by atoms with E-state index in [1.807, 2.05) is 0 Å². The third-order valence-electron chi connectivity index (χ3n) is 4.07. The summed E-state index contributed by atoms with van der Waals surface area (Å²) in [6, 6.07) is 12.6. The van der Waals surface area contributed by atoms with Crippen LogP contribution in [0.1, 0.15) is 31.1 Å². The highest BCUT2D eigenvalue weighted by Crippen LogP contribution is 2.28. The first kappa shape index (κ1) is 21.1. The van der Waals surface area contributed by atoms with Crippen molar-refractivity contribution < 1.29 is 14.5 Å². The van der Waals surface area contributed by atoms with Crippen LogP contribution in [-0.2, 0) is 4.79 Å². The number of amides is 2. The zero-order valence-electron chi connectivity index (χ0n) is 16.5. The van der Waals surface area contributed by atoms with E-state index < -0.39 is 16.2 Å². The monoisotopic (exact) mass is 425 g/mol. The highest BCUT2D eigenvalue weighted by molar-refractivity contribution is 7.18. The molecule has 2 amide bonds. The standard InChI is InChI=1S/C20H19N5O4S/c1-20(2,3)18(27)21-15-7-5-4-6-14(15)16(26)22-19-24-23-17(30-19)12-8-10-13(11-9-12)25(28)29/h4-11H,1-3H3,(H,21,27)(H,22,24,26). The fourth-order valence-corrected chi connectivity index (χ4v) is 3.12. The van der Waals surface area contributed by atoms with Gasteiger partial charge in [-0.3, -0.25) is 25.0 Å². The third-order valence-corrected chi connectivity index (χ3v) is 4.96. The van der Waals surface area contributed by atoms with Crippen LogP contribution < -0.4 is 10.6 Å². The van der Waals surface area contributed by atoms with E-state index in [0.717, 1.165) is 11.3 Å². The van der Waals surface area contributed by atoms with Crippen molar-refractivity contribution in [1.29, 1.82) is 0 Å². The van der Waals surface area contributed by atoms with Crippen LogP contribution in [0.3, 0.4) is 0 Å². The molecular formula is C20H19N5O4S. The lowest BCUT2D eigenvalue weighted by atomic mass is 9.95. The minimum Gasteiger partial charge on any atom is -0.325 e. The number of hydrogen-bond donors (Lipinski definition) is 2. The molecule has 10 heteroatoms. The average molecular weight is 425 g/mol. The molecule has 0 aliphatic heterocycles. The topological polar surface area (TPSA) is 127 Å². The van der Waals surface area contributed by atoms with Gasteiger partial charge in [0.1, 0.15) is 5.01 Å². The van der Waals surface area contributed by atoms with E-state index in [0.29, 0.717) is 21.8 Å². The number of carbonyl (C=O) groups is 2. The lowest BCUT2D eigenvalue weighted by molar-refractivity contribution is -0.384. The third kappa shape index (κ3) is 4.84. The second-order valence-electron chi connectivity index (χ2n) is 7.42. The smallest absolute Gasteiger partial charge is 0.269 e. The number of rotatable bonds is 5. The van der Waals surface area contributed by atoms with Crippen molar-refractivity contribution >= 4 is 39.7 Å². The molecule has 0 aliphatic carbocycles. The molecule has 0 bridgehead atoms. The molecule has 0 saturated heterocycles. The fraction of sp³-hybridized carbons (Fsp3) is 0.200. The van der Waals surface area contributed by atoms with Gasteiger partial charge in [0, 0.05) is 23.1 Å². The second kappa shape index (κ2) is 8.37. The Morgan fingerprint density at radius 2 is 1.67 bits per heavy atom. The molecule has 2 N–H and O–H groups in total. The number of nitro benzene ring substituents is 1. The summed E-state index contributed by atoms with van der Waals surface area (Å²) >= 11 is 1.14. The number of para-hydroxylation sites is 1. The van der Waals surface area contributed by atoms with Crippen LogP contribution in [-0.4, -0.2) is 26.9 Å². The van der Waals surface area contributed by atoms with Gasteiger partial charge < -0.3 is 5.32 Å². The minimum atomic E-state index is -0.609. The van der Waals surface area contributed by atoms with Gasteiger partial charge in [-0.1, -0.05) is 44.2 Å². The first-order valence-electron chi connectivity index (χ1n) is 8.95.